The fraction of sp³-hybridized carbons (Fsp3) is 0.133. The van der Waals surface area contributed by atoms with Gasteiger partial charge in [-0.15, -0.1) is 0 Å². The lowest BCUT2D eigenvalue weighted by molar-refractivity contribution is -0.120. The molecule has 2 rings (SSSR count). The van der Waals surface area contributed by atoms with E-state index < -0.39 is 11.6 Å². The smallest absolute Gasteiger partial charge is 0.224 e. The Morgan fingerprint density at radius 1 is 0.947 bits per heavy atom. The van der Waals surface area contributed by atoms with Crippen molar-refractivity contribution in [2.75, 3.05) is 0 Å². The first kappa shape index (κ1) is 13.2. The monoisotopic (exact) mass is 261 g/mol. The van der Waals surface area contributed by atoms with E-state index in [1.807, 2.05) is 30.3 Å². The maximum atomic E-state index is 13.0. The second kappa shape index (κ2) is 6.09. The minimum atomic E-state index is -0.908. The summed E-state index contributed by atoms with van der Waals surface area (Å²) in [5.41, 5.74) is 1.44. The molecule has 0 fully saturated rings. The van der Waals surface area contributed by atoms with Crippen molar-refractivity contribution in [1.29, 1.82) is 0 Å². The summed E-state index contributed by atoms with van der Waals surface area (Å²) in [6.45, 7) is 0.183. The van der Waals surface area contributed by atoms with Crippen LogP contribution in [0.2, 0.25) is 0 Å². The van der Waals surface area contributed by atoms with Crippen molar-refractivity contribution in [2.45, 2.75) is 13.0 Å². The first-order valence-corrected chi connectivity index (χ1v) is 5.90. The zero-order valence-corrected chi connectivity index (χ0v) is 10.2. The lowest BCUT2D eigenvalue weighted by Gasteiger charge is -2.06. The summed E-state index contributed by atoms with van der Waals surface area (Å²) in [6, 6.07) is 12.9. The Morgan fingerprint density at radius 3 is 2.37 bits per heavy atom. The van der Waals surface area contributed by atoms with Crippen molar-refractivity contribution in [3.05, 3.63) is 71.3 Å². The highest BCUT2D eigenvalue weighted by Gasteiger charge is 2.05. The zero-order valence-electron chi connectivity index (χ0n) is 10.2. The zero-order chi connectivity index (χ0) is 13.7. The van der Waals surface area contributed by atoms with E-state index in [9.17, 15) is 13.6 Å². The molecular weight excluding hydrogens is 248 g/mol. The van der Waals surface area contributed by atoms with E-state index in [0.717, 1.165) is 17.7 Å². The largest absolute Gasteiger partial charge is 0.352 e. The van der Waals surface area contributed by atoms with Gasteiger partial charge in [0, 0.05) is 6.54 Å². The predicted molar refractivity (Wildman–Crippen MR) is 68.4 cm³/mol. The highest BCUT2D eigenvalue weighted by atomic mass is 19.2. The molecule has 0 bridgehead atoms. The van der Waals surface area contributed by atoms with Gasteiger partial charge in [0.1, 0.15) is 0 Å². The van der Waals surface area contributed by atoms with Gasteiger partial charge in [-0.1, -0.05) is 36.4 Å². The van der Waals surface area contributed by atoms with Gasteiger partial charge >= 0.3 is 0 Å². The number of nitrogens with one attached hydrogen (secondary N) is 1. The van der Waals surface area contributed by atoms with Crippen LogP contribution in [0.1, 0.15) is 11.1 Å². The molecule has 2 nitrogen and oxygen atoms in total. The van der Waals surface area contributed by atoms with Crippen LogP contribution in [0.3, 0.4) is 0 Å². The Labute approximate surface area is 110 Å². The van der Waals surface area contributed by atoms with Crippen LogP contribution in [0.4, 0.5) is 8.78 Å². The number of hydrogen-bond acceptors (Lipinski definition) is 1. The molecule has 0 aromatic heterocycles. The molecule has 98 valence electrons. The van der Waals surface area contributed by atoms with Crippen molar-refractivity contribution in [3.63, 3.8) is 0 Å². The van der Waals surface area contributed by atoms with Gasteiger partial charge in [0.05, 0.1) is 6.42 Å². The summed E-state index contributed by atoms with van der Waals surface area (Å²) in [5, 5.41) is 2.67. The molecule has 0 heterocycles. The average molecular weight is 261 g/mol. The van der Waals surface area contributed by atoms with Gasteiger partial charge < -0.3 is 5.32 Å². The molecule has 0 aliphatic rings. The molecule has 0 aliphatic heterocycles. The van der Waals surface area contributed by atoms with E-state index in [4.69, 9.17) is 0 Å². The van der Waals surface area contributed by atoms with Gasteiger partial charge in [-0.25, -0.2) is 8.78 Å². The van der Waals surface area contributed by atoms with Gasteiger partial charge in [0.15, 0.2) is 11.6 Å². The standard InChI is InChI=1S/C15H13F2NO/c16-13-7-6-12(8-14(13)17)10-18-15(19)9-11-4-2-1-3-5-11/h1-8H,9-10H2,(H,18,19). The molecule has 0 spiro atoms. The number of hydrogen-bond donors (Lipinski definition) is 1. The quantitative estimate of drug-likeness (QED) is 0.901. The summed E-state index contributed by atoms with van der Waals surface area (Å²) in [5.74, 6) is -1.95. The second-order valence-electron chi connectivity index (χ2n) is 4.19. The summed E-state index contributed by atoms with van der Waals surface area (Å²) in [4.78, 5) is 11.7. The first-order chi connectivity index (χ1) is 9.15. The normalized spacial score (nSPS) is 10.2. The van der Waals surface area contributed by atoms with Gasteiger partial charge in [0.25, 0.3) is 0 Å². The third-order valence-corrected chi connectivity index (χ3v) is 2.68. The maximum Gasteiger partial charge on any atom is 0.224 e. The number of carbonyl (C=O) groups excluding carboxylic acids is 1. The van der Waals surface area contributed by atoms with Crippen LogP contribution in [0.25, 0.3) is 0 Å². The number of rotatable bonds is 4. The fourth-order valence-corrected chi connectivity index (χ4v) is 1.69. The number of carbonyl (C=O) groups is 1. The topological polar surface area (TPSA) is 29.1 Å². The van der Waals surface area contributed by atoms with E-state index in [0.29, 0.717) is 5.56 Å². The summed E-state index contributed by atoms with van der Waals surface area (Å²) >= 11 is 0. The lowest BCUT2D eigenvalue weighted by atomic mass is 10.1. The molecule has 2 aromatic rings. The molecule has 0 unspecified atom stereocenters. The van der Waals surface area contributed by atoms with E-state index in [1.165, 1.54) is 6.07 Å². The minimum Gasteiger partial charge on any atom is -0.352 e. The minimum absolute atomic E-state index is 0.157. The van der Waals surface area contributed by atoms with E-state index in [-0.39, 0.29) is 18.9 Å². The van der Waals surface area contributed by atoms with Crippen molar-refractivity contribution in [3.8, 4) is 0 Å². The Bertz CT molecular complexity index is 570. The van der Waals surface area contributed by atoms with Crippen LogP contribution in [0.15, 0.2) is 48.5 Å². The van der Waals surface area contributed by atoms with Gasteiger partial charge in [0.2, 0.25) is 5.91 Å². The molecule has 0 atom stereocenters. The van der Waals surface area contributed by atoms with E-state index in [1.54, 1.807) is 0 Å². The van der Waals surface area contributed by atoms with Crippen molar-refractivity contribution in [1.82, 2.24) is 5.32 Å². The summed E-state index contributed by atoms with van der Waals surface area (Å²) in [7, 11) is 0. The van der Waals surface area contributed by atoms with Crippen LogP contribution in [-0.4, -0.2) is 5.91 Å². The number of halogens is 2. The third kappa shape index (κ3) is 3.88. The Kier molecular flexibility index (Phi) is 4.23. The van der Waals surface area contributed by atoms with Crippen LogP contribution in [-0.2, 0) is 17.8 Å². The molecule has 0 aliphatic carbocycles. The third-order valence-electron chi connectivity index (χ3n) is 2.68. The van der Waals surface area contributed by atoms with Crippen LogP contribution in [0.5, 0.6) is 0 Å². The highest BCUT2D eigenvalue weighted by molar-refractivity contribution is 5.78. The summed E-state index contributed by atoms with van der Waals surface area (Å²) < 4.78 is 25.7. The molecule has 1 N–H and O–H groups in total. The van der Waals surface area contributed by atoms with Crippen molar-refractivity contribution < 1.29 is 13.6 Å². The average Bonchev–Trinajstić information content (AvgIpc) is 2.41. The highest BCUT2D eigenvalue weighted by Crippen LogP contribution is 2.08. The molecule has 4 heteroatoms. The molecule has 2 aromatic carbocycles. The summed E-state index contributed by atoms with van der Waals surface area (Å²) in [6.07, 6.45) is 0.268. The van der Waals surface area contributed by atoms with Crippen molar-refractivity contribution >= 4 is 5.91 Å². The van der Waals surface area contributed by atoms with Gasteiger partial charge in [-0.3, -0.25) is 4.79 Å². The molecule has 1 amide bonds. The maximum absolute atomic E-state index is 13.0. The molecular formula is C15H13F2NO. The predicted octanol–water partition coefficient (Wildman–Crippen LogP) is 2.82. The fourth-order valence-electron chi connectivity index (χ4n) is 1.69. The van der Waals surface area contributed by atoms with Crippen LogP contribution in [0, 0.1) is 11.6 Å². The second-order valence-corrected chi connectivity index (χ2v) is 4.19. The van der Waals surface area contributed by atoms with Crippen LogP contribution < -0.4 is 5.32 Å². The Morgan fingerprint density at radius 2 is 1.68 bits per heavy atom. The van der Waals surface area contributed by atoms with E-state index in [2.05, 4.69) is 5.32 Å². The SMILES string of the molecule is O=C(Cc1ccccc1)NCc1ccc(F)c(F)c1. The lowest BCUT2D eigenvalue weighted by Crippen LogP contribution is -2.24. The number of amides is 1. The van der Waals surface area contributed by atoms with Crippen molar-refractivity contribution in [2.24, 2.45) is 0 Å². The van der Waals surface area contributed by atoms with Gasteiger partial charge in [-0.2, -0.15) is 0 Å². The van der Waals surface area contributed by atoms with E-state index >= 15 is 0 Å². The number of benzene rings is 2. The molecule has 0 saturated heterocycles. The molecule has 0 saturated carbocycles. The Hall–Kier alpha value is -2.23. The first-order valence-electron chi connectivity index (χ1n) is 5.90. The van der Waals surface area contributed by atoms with Gasteiger partial charge in [-0.05, 0) is 23.3 Å². The Balaban J connectivity index is 1.88. The van der Waals surface area contributed by atoms with Crippen LogP contribution >= 0.6 is 0 Å². The molecule has 0 radical (unpaired) electrons. The molecule has 19 heavy (non-hydrogen) atoms.